The Kier molecular flexibility index (Phi) is 5.70. The molecule has 0 aliphatic rings. The predicted octanol–water partition coefficient (Wildman–Crippen LogP) is 1.12. The Balaban J connectivity index is 1.98. The maximum absolute atomic E-state index is 12.5. The molecule has 8 nitrogen and oxygen atoms in total. The van der Waals surface area contributed by atoms with Gasteiger partial charge in [-0.15, -0.1) is 0 Å². The second-order valence-corrected chi connectivity index (χ2v) is 7.59. The van der Waals surface area contributed by atoms with Crippen molar-refractivity contribution in [2.75, 3.05) is 13.6 Å². The smallest absolute Gasteiger partial charge is 0.243 e. The second-order valence-electron chi connectivity index (χ2n) is 5.55. The zero-order valence-corrected chi connectivity index (χ0v) is 15.0. The molecule has 25 heavy (non-hydrogen) atoms. The van der Waals surface area contributed by atoms with E-state index in [0.717, 1.165) is 4.31 Å². The fraction of sp³-hybridized carbons (Fsp3) is 0.312. The van der Waals surface area contributed by atoms with E-state index in [1.54, 1.807) is 13.0 Å². The highest BCUT2D eigenvalue weighted by atomic mass is 32.2. The van der Waals surface area contributed by atoms with Crippen LogP contribution in [0.2, 0.25) is 0 Å². The molecule has 0 aliphatic carbocycles. The highest BCUT2D eigenvalue weighted by Crippen LogP contribution is 2.15. The Morgan fingerprint density at radius 3 is 2.40 bits per heavy atom. The first-order valence-electron chi connectivity index (χ1n) is 7.46. The normalized spacial score (nSPS) is 11.5. The number of hydrogen-bond acceptors (Lipinski definition) is 6. The first-order valence-corrected chi connectivity index (χ1v) is 8.90. The average Bonchev–Trinajstić information content (AvgIpc) is 2.98. The van der Waals surface area contributed by atoms with Crippen molar-refractivity contribution in [3.05, 3.63) is 47.3 Å². The maximum Gasteiger partial charge on any atom is 0.243 e. The summed E-state index contributed by atoms with van der Waals surface area (Å²) in [6, 6.07) is 7.25. The minimum Gasteiger partial charge on any atom is -0.361 e. The van der Waals surface area contributed by atoms with Gasteiger partial charge in [0.05, 0.1) is 18.0 Å². The summed E-state index contributed by atoms with van der Waals surface area (Å²) in [7, 11) is -2.51. The van der Waals surface area contributed by atoms with Crippen LogP contribution < -0.4 is 5.32 Å². The zero-order valence-electron chi connectivity index (χ0n) is 14.1. The molecule has 1 amide bonds. The van der Waals surface area contributed by atoms with Gasteiger partial charge >= 0.3 is 0 Å². The lowest BCUT2D eigenvalue weighted by Crippen LogP contribution is -2.38. The summed E-state index contributed by atoms with van der Waals surface area (Å²) < 4.78 is 30.7. The van der Waals surface area contributed by atoms with E-state index in [-0.39, 0.29) is 23.8 Å². The number of ketones is 1. The molecule has 9 heteroatoms. The van der Waals surface area contributed by atoms with E-state index in [0.29, 0.717) is 17.0 Å². The topological polar surface area (TPSA) is 110 Å². The van der Waals surface area contributed by atoms with Crippen LogP contribution in [-0.4, -0.2) is 43.2 Å². The molecule has 2 aromatic rings. The van der Waals surface area contributed by atoms with Crippen LogP contribution in [0.4, 0.5) is 0 Å². The lowest BCUT2D eigenvalue weighted by Gasteiger charge is -2.16. The fourth-order valence-electron chi connectivity index (χ4n) is 2.08. The van der Waals surface area contributed by atoms with Crippen LogP contribution in [0.15, 0.2) is 39.8 Å². The van der Waals surface area contributed by atoms with Crippen LogP contribution in [-0.2, 0) is 21.4 Å². The number of nitrogens with zero attached hydrogens (tertiary/aromatic N) is 2. The number of sulfonamides is 1. The van der Waals surface area contributed by atoms with Crippen molar-refractivity contribution in [1.82, 2.24) is 14.8 Å². The Bertz CT molecular complexity index is 871. The van der Waals surface area contributed by atoms with Crippen molar-refractivity contribution >= 4 is 21.7 Å². The second kappa shape index (κ2) is 7.58. The van der Waals surface area contributed by atoms with Gasteiger partial charge in [0.25, 0.3) is 0 Å². The van der Waals surface area contributed by atoms with Crippen LogP contribution in [0, 0.1) is 6.92 Å². The number of hydrogen-bond donors (Lipinski definition) is 1. The van der Waals surface area contributed by atoms with Crippen LogP contribution in [0.3, 0.4) is 0 Å². The molecular weight excluding hydrogens is 346 g/mol. The molecule has 0 spiro atoms. The molecule has 0 atom stereocenters. The SMILES string of the molecule is CC(=O)c1ccc(S(=O)(=O)N(C)CC(=O)NCc2cc(C)on2)cc1. The van der Waals surface area contributed by atoms with Gasteiger partial charge in [-0.25, -0.2) is 8.42 Å². The van der Waals surface area contributed by atoms with Gasteiger partial charge in [0.1, 0.15) is 11.5 Å². The van der Waals surface area contributed by atoms with E-state index >= 15 is 0 Å². The van der Waals surface area contributed by atoms with Gasteiger partial charge in [-0.2, -0.15) is 4.31 Å². The molecular formula is C16H19N3O5S. The van der Waals surface area contributed by atoms with Crippen LogP contribution in [0.25, 0.3) is 0 Å². The van der Waals surface area contributed by atoms with Gasteiger partial charge in [0.2, 0.25) is 15.9 Å². The van der Waals surface area contributed by atoms with Crippen molar-refractivity contribution < 1.29 is 22.5 Å². The maximum atomic E-state index is 12.5. The van der Waals surface area contributed by atoms with Crippen molar-refractivity contribution in [1.29, 1.82) is 0 Å². The van der Waals surface area contributed by atoms with Crippen LogP contribution in [0.5, 0.6) is 0 Å². The molecule has 1 aromatic carbocycles. The third-order valence-corrected chi connectivity index (χ3v) is 5.30. The molecule has 0 fully saturated rings. The summed E-state index contributed by atoms with van der Waals surface area (Å²) in [5.74, 6) is 0.00445. The number of carbonyl (C=O) groups excluding carboxylic acids is 2. The molecule has 134 valence electrons. The molecule has 1 N–H and O–H groups in total. The number of amides is 1. The summed E-state index contributed by atoms with van der Waals surface area (Å²) >= 11 is 0. The number of nitrogens with one attached hydrogen (secondary N) is 1. The van der Waals surface area contributed by atoms with E-state index in [2.05, 4.69) is 10.5 Å². The van der Waals surface area contributed by atoms with Gasteiger partial charge in [-0.3, -0.25) is 9.59 Å². The van der Waals surface area contributed by atoms with Gasteiger partial charge in [0, 0.05) is 18.7 Å². The fourth-order valence-corrected chi connectivity index (χ4v) is 3.20. The Hall–Kier alpha value is -2.52. The highest BCUT2D eigenvalue weighted by Gasteiger charge is 2.23. The van der Waals surface area contributed by atoms with Gasteiger partial charge in [0.15, 0.2) is 5.78 Å². The number of aryl methyl sites for hydroxylation is 1. The average molecular weight is 365 g/mol. The number of Topliss-reactive ketones (excluding diaryl/α,β-unsaturated/α-hetero) is 1. The Morgan fingerprint density at radius 1 is 1.24 bits per heavy atom. The predicted molar refractivity (Wildman–Crippen MR) is 89.3 cm³/mol. The van der Waals surface area contributed by atoms with Crippen molar-refractivity contribution in [2.45, 2.75) is 25.3 Å². The quantitative estimate of drug-likeness (QED) is 0.737. The summed E-state index contributed by atoms with van der Waals surface area (Å²) in [5.41, 5.74) is 0.971. The number of rotatable bonds is 7. The number of carbonyl (C=O) groups is 2. The molecule has 0 saturated carbocycles. The van der Waals surface area contributed by atoms with Gasteiger partial charge in [-0.05, 0) is 26.0 Å². The van der Waals surface area contributed by atoms with Crippen molar-refractivity contribution in [2.24, 2.45) is 0 Å². The van der Waals surface area contributed by atoms with E-state index < -0.39 is 15.9 Å². The summed E-state index contributed by atoms with van der Waals surface area (Å²) in [5, 5.41) is 6.32. The molecule has 0 unspecified atom stereocenters. The van der Waals surface area contributed by atoms with E-state index in [4.69, 9.17) is 4.52 Å². The minimum absolute atomic E-state index is 0.0138. The Labute approximate surface area is 145 Å². The lowest BCUT2D eigenvalue weighted by atomic mass is 10.2. The molecule has 0 aliphatic heterocycles. The van der Waals surface area contributed by atoms with E-state index in [9.17, 15) is 18.0 Å². The van der Waals surface area contributed by atoms with E-state index in [1.165, 1.54) is 38.2 Å². The van der Waals surface area contributed by atoms with Gasteiger partial charge in [-0.1, -0.05) is 17.3 Å². The molecule has 1 heterocycles. The van der Waals surface area contributed by atoms with E-state index in [1.807, 2.05) is 0 Å². The number of aromatic nitrogens is 1. The monoisotopic (exact) mass is 365 g/mol. The summed E-state index contributed by atoms with van der Waals surface area (Å²) in [6.45, 7) is 2.94. The number of benzene rings is 1. The lowest BCUT2D eigenvalue weighted by molar-refractivity contribution is -0.121. The minimum atomic E-state index is -3.83. The first kappa shape index (κ1) is 18.8. The standard InChI is InChI=1S/C16H19N3O5S/c1-11-8-14(18-24-11)9-17-16(21)10-19(3)25(22,23)15-6-4-13(5-7-15)12(2)20/h4-8H,9-10H2,1-3H3,(H,17,21). The number of likely N-dealkylation sites (N-methyl/N-ethyl adjacent to an activating group) is 1. The van der Waals surface area contributed by atoms with Crippen molar-refractivity contribution in [3.63, 3.8) is 0 Å². The van der Waals surface area contributed by atoms with Crippen molar-refractivity contribution in [3.8, 4) is 0 Å². The molecule has 2 rings (SSSR count). The summed E-state index contributed by atoms with van der Waals surface area (Å²) in [6.07, 6.45) is 0. The molecule has 0 bridgehead atoms. The van der Waals surface area contributed by atoms with Crippen LogP contribution in [0.1, 0.15) is 28.7 Å². The summed E-state index contributed by atoms with van der Waals surface area (Å²) in [4.78, 5) is 23.2. The third-order valence-electron chi connectivity index (χ3n) is 3.48. The largest absolute Gasteiger partial charge is 0.361 e. The first-order chi connectivity index (χ1) is 11.7. The zero-order chi connectivity index (χ0) is 18.6. The molecule has 0 radical (unpaired) electrons. The highest BCUT2D eigenvalue weighted by molar-refractivity contribution is 7.89. The van der Waals surface area contributed by atoms with Crippen LogP contribution >= 0.6 is 0 Å². The third kappa shape index (κ3) is 4.74. The van der Waals surface area contributed by atoms with Gasteiger partial charge < -0.3 is 9.84 Å². The molecule has 0 saturated heterocycles. The Morgan fingerprint density at radius 2 is 1.88 bits per heavy atom. The molecule has 1 aromatic heterocycles.